The van der Waals surface area contributed by atoms with Crippen LogP contribution in [0.3, 0.4) is 0 Å². The van der Waals surface area contributed by atoms with Crippen LogP contribution in [0.1, 0.15) is 45.4 Å². The molecule has 1 atom stereocenters. The first-order valence-corrected chi connectivity index (χ1v) is 6.80. The molecule has 2 N–H and O–H groups in total. The average molecular weight is 240 g/mol. The first kappa shape index (κ1) is 12.8. The number of hydrogen-bond acceptors (Lipinski definition) is 3. The molecule has 4 nitrogen and oxygen atoms in total. The Morgan fingerprint density at radius 2 is 2.12 bits per heavy atom. The normalized spacial score (nSPS) is 30.4. The molecule has 0 bridgehead atoms. The molecule has 0 radical (unpaired) electrons. The van der Waals surface area contributed by atoms with Crippen LogP contribution in [0.5, 0.6) is 0 Å². The van der Waals surface area contributed by atoms with Crippen LogP contribution >= 0.6 is 0 Å². The Morgan fingerprint density at radius 1 is 1.35 bits per heavy atom. The van der Waals surface area contributed by atoms with Gasteiger partial charge in [0.05, 0.1) is 18.7 Å². The number of carbonyl (C=O) groups is 1. The van der Waals surface area contributed by atoms with Crippen molar-refractivity contribution >= 4 is 5.91 Å². The largest absolute Gasteiger partial charge is 0.379 e. The standard InChI is InChI=1S/C13H24N2O2/c1-13(7-4-8-17-10-13)15-12(16)9-14-11-5-2-3-6-11/h11,14H,2-10H2,1H3,(H,15,16). The van der Waals surface area contributed by atoms with Gasteiger partial charge in [-0.1, -0.05) is 12.8 Å². The topological polar surface area (TPSA) is 50.4 Å². The molecule has 2 aliphatic rings. The predicted octanol–water partition coefficient (Wildman–Crippen LogP) is 1.20. The fourth-order valence-corrected chi connectivity index (χ4v) is 2.78. The molecule has 1 heterocycles. The molecule has 0 aromatic carbocycles. The molecule has 2 rings (SSSR count). The van der Waals surface area contributed by atoms with Crippen LogP contribution in [0.4, 0.5) is 0 Å². The molecule has 2 fully saturated rings. The van der Waals surface area contributed by atoms with E-state index in [9.17, 15) is 4.79 Å². The maximum absolute atomic E-state index is 11.8. The van der Waals surface area contributed by atoms with Crippen LogP contribution in [0.15, 0.2) is 0 Å². The van der Waals surface area contributed by atoms with E-state index in [1.54, 1.807) is 0 Å². The lowest BCUT2D eigenvalue weighted by molar-refractivity contribution is -0.123. The van der Waals surface area contributed by atoms with Crippen molar-refractivity contribution in [1.29, 1.82) is 0 Å². The van der Waals surface area contributed by atoms with E-state index in [0.717, 1.165) is 19.4 Å². The van der Waals surface area contributed by atoms with Gasteiger partial charge in [0, 0.05) is 12.6 Å². The van der Waals surface area contributed by atoms with Gasteiger partial charge in [-0.3, -0.25) is 4.79 Å². The highest BCUT2D eigenvalue weighted by Gasteiger charge is 2.29. The Hall–Kier alpha value is -0.610. The summed E-state index contributed by atoms with van der Waals surface area (Å²) in [5.74, 6) is 0.102. The van der Waals surface area contributed by atoms with Gasteiger partial charge in [-0.2, -0.15) is 0 Å². The van der Waals surface area contributed by atoms with Crippen molar-refractivity contribution in [3.63, 3.8) is 0 Å². The Labute approximate surface area is 103 Å². The summed E-state index contributed by atoms with van der Waals surface area (Å²) in [5.41, 5.74) is -0.160. The van der Waals surface area contributed by atoms with Crippen LogP contribution in [0, 0.1) is 0 Å². The van der Waals surface area contributed by atoms with E-state index in [-0.39, 0.29) is 11.4 Å². The first-order chi connectivity index (χ1) is 8.18. The third-order valence-electron chi connectivity index (χ3n) is 3.79. The van der Waals surface area contributed by atoms with Crippen molar-refractivity contribution < 1.29 is 9.53 Å². The smallest absolute Gasteiger partial charge is 0.234 e. The molecular formula is C13H24N2O2. The molecule has 17 heavy (non-hydrogen) atoms. The molecule has 0 spiro atoms. The van der Waals surface area contributed by atoms with Crippen LogP contribution < -0.4 is 10.6 Å². The zero-order chi connectivity index (χ0) is 12.1. The molecule has 1 saturated carbocycles. The summed E-state index contributed by atoms with van der Waals surface area (Å²) >= 11 is 0. The van der Waals surface area contributed by atoms with Crippen molar-refractivity contribution in [1.82, 2.24) is 10.6 Å². The van der Waals surface area contributed by atoms with Gasteiger partial charge >= 0.3 is 0 Å². The summed E-state index contributed by atoms with van der Waals surface area (Å²) in [6.45, 7) is 3.98. The van der Waals surface area contributed by atoms with E-state index in [2.05, 4.69) is 17.6 Å². The Kier molecular flexibility index (Phi) is 4.40. The molecule has 0 aromatic rings. The van der Waals surface area contributed by atoms with Crippen molar-refractivity contribution in [2.75, 3.05) is 19.8 Å². The summed E-state index contributed by atoms with van der Waals surface area (Å²) < 4.78 is 5.43. The second-order valence-corrected chi connectivity index (χ2v) is 5.63. The molecule has 0 aromatic heterocycles. The first-order valence-electron chi connectivity index (χ1n) is 6.80. The van der Waals surface area contributed by atoms with Crippen molar-refractivity contribution in [2.24, 2.45) is 0 Å². The molecule has 1 amide bonds. The van der Waals surface area contributed by atoms with Gasteiger partial charge < -0.3 is 15.4 Å². The number of ether oxygens (including phenoxy) is 1. The Balaban J connectivity index is 1.68. The quantitative estimate of drug-likeness (QED) is 0.776. The predicted molar refractivity (Wildman–Crippen MR) is 66.9 cm³/mol. The van der Waals surface area contributed by atoms with Gasteiger partial charge in [-0.15, -0.1) is 0 Å². The van der Waals surface area contributed by atoms with Crippen LogP contribution in [-0.2, 0) is 9.53 Å². The monoisotopic (exact) mass is 240 g/mol. The number of hydrogen-bond donors (Lipinski definition) is 2. The summed E-state index contributed by atoms with van der Waals surface area (Å²) in [5, 5.41) is 6.43. The van der Waals surface area contributed by atoms with E-state index in [1.807, 2.05) is 0 Å². The van der Waals surface area contributed by atoms with E-state index in [1.165, 1.54) is 25.7 Å². The van der Waals surface area contributed by atoms with Crippen LogP contribution in [0.2, 0.25) is 0 Å². The fraction of sp³-hybridized carbons (Fsp3) is 0.923. The number of amides is 1. The highest BCUT2D eigenvalue weighted by Crippen LogP contribution is 2.19. The van der Waals surface area contributed by atoms with Crippen molar-refractivity contribution in [2.45, 2.75) is 57.0 Å². The molecular weight excluding hydrogens is 216 g/mol. The van der Waals surface area contributed by atoms with Gasteiger partial charge in [-0.05, 0) is 32.6 Å². The third kappa shape index (κ3) is 3.96. The molecule has 1 aliphatic heterocycles. The summed E-state index contributed by atoms with van der Waals surface area (Å²) in [6, 6.07) is 0.552. The average Bonchev–Trinajstić information content (AvgIpc) is 2.79. The van der Waals surface area contributed by atoms with E-state index in [0.29, 0.717) is 19.2 Å². The molecule has 1 unspecified atom stereocenters. The second-order valence-electron chi connectivity index (χ2n) is 5.63. The molecule has 98 valence electrons. The minimum Gasteiger partial charge on any atom is -0.379 e. The van der Waals surface area contributed by atoms with Gasteiger partial charge in [0.25, 0.3) is 0 Å². The van der Waals surface area contributed by atoms with E-state index < -0.39 is 0 Å². The lowest BCUT2D eigenvalue weighted by atomic mass is 9.95. The number of nitrogens with one attached hydrogen (secondary N) is 2. The van der Waals surface area contributed by atoms with Crippen molar-refractivity contribution in [3.8, 4) is 0 Å². The highest BCUT2D eigenvalue weighted by molar-refractivity contribution is 5.78. The molecule has 1 saturated heterocycles. The lowest BCUT2D eigenvalue weighted by Gasteiger charge is -2.34. The van der Waals surface area contributed by atoms with E-state index in [4.69, 9.17) is 4.74 Å². The maximum Gasteiger partial charge on any atom is 0.234 e. The Bertz CT molecular complexity index is 256. The zero-order valence-electron chi connectivity index (χ0n) is 10.8. The lowest BCUT2D eigenvalue weighted by Crippen LogP contribution is -2.54. The van der Waals surface area contributed by atoms with Gasteiger partial charge in [-0.25, -0.2) is 0 Å². The SMILES string of the molecule is CC1(NC(=O)CNC2CCCC2)CCCOC1. The molecule has 4 heteroatoms. The fourth-order valence-electron chi connectivity index (χ4n) is 2.78. The van der Waals surface area contributed by atoms with Crippen LogP contribution in [0.25, 0.3) is 0 Å². The number of carbonyl (C=O) groups excluding carboxylic acids is 1. The summed E-state index contributed by atoms with van der Waals surface area (Å²) in [6.07, 6.45) is 7.08. The van der Waals surface area contributed by atoms with Crippen molar-refractivity contribution in [3.05, 3.63) is 0 Å². The minimum absolute atomic E-state index is 0.102. The Morgan fingerprint density at radius 3 is 2.76 bits per heavy atom. The van der Waals surface area contributed by atoms with E-state index >= 15 is 0 Å². The summed E-state index contributed by atoms with van der Waals surface area (Å²) in [4.78, 5) is 11.8. The number of rotatable bonds is 4. The van der Waals surface area contributed by atoms with Gasteiger partial charge in [0.15, 0.2) is 0 Å². The zero-order valence-corrected chi connectivity index (χ0v) is 10.8. The highest BCUT2D eigenvalue weighted by atomic mass is 16.5. The second kappa shape index (κ2) is 5.83. The van der Waals surface area contributed by atoms with Gasteiger partial charge in [0.2, 0.25) is 5.91 Å². The summed E-state index contributed by atoms with van der Waals surface area (Å²) in [7, 11) is 0. The minimum atomic E-state index is -0.160. The maximum atomic E-state index is 11.8. The van der Waals surface area contributed by atoms with Gasteiger partial charge in [0.1, 0.15) is 0 Å². The molecule has 1 aliphatic carbocycles. The van der Waals surface area contributed by atoms with Crippen LogP contribution in [-0.4, -0.2) is 37.2 Å². The third-order valence-corrected chi connectivity index (χ3v) is 3.79.